The van der Waals surface area contributed by atoms with E-state index < -0.39 is 5.91 Å². The predicted molar refractivity (Wildman–Crippen MR) is 112 cm³/mol. The lowest BCUT2D eigenvalue weighted by Crippen LogP contribution is -2.13. The normalized spacial score (nSPS) is 11.5. The van der Waals surface area contributed by atoms with E-state index in [4.69, 9.17) is 23.2 Å². The summed E-state index contributed by atoms with van der Waals surface area (Å²) in [6.07, 6.45) is 3.31. The number of benzene rings is 1. The van der Waals surface area contributed by atoms with E-state index in [2.05, 4.69) is 15.5 Å². The fourth-order valence-electron chi connectivity index (χ4n) is 2.36. The van der Waals surface area contributed by atoms with Crippen molar-refractivity contribution in [1.82, 2.24) is 14.8 Å². The van der Waals surface area contributed by atoms with Crippen LogP contribution >= 0.6 is 34.5 Å². The molecule has 0 saturated heterocycles. The van der Waals surface area contributed by atoms with Crippen LogP contribution in [0.2, 0.25) is 10.0 Å². The Balaban J connectivity index is 1.86. The quantitative estimate of drug-likeness (QED) is 0.438. The van der Waals surface area contributed by atoms with Gasteiger partial charge in [-0.1, -0.05) is 48.4 Å². The molecule has 3 rings (SSSR count). The molecule has 1 amide bonds. The SMILES string of the molecule is CC(C)c1nnc(NC(=O)/C(C#N)=C\c2cccn2-c2ccc(Cl)c(Cl)c2)s1. The molecule has 0 spiro atoms. The molecule has 28 heavy (non-hydrogen) atoms. The van der Waals surface area contributed by atoms with Crippen LogP contribution in [0.25, 0.3) is 11.8 Å². The molecule has 2 heterocycles. The van der Waals surface area contributed by atoms with Crippen molar-refractivity contribution in [2.75, 3.05) is 5.32 Å². The summed E-state index contributed by atoms with van der Waals surface area (Å²) in [6.45, 7) is 3.98. The number of rotatable bonds is 5. The Kier molecular flexibility index (Phi) is 6.15. The third-order valence-electron chi connectivity index (χ3n) is 3.77. The Morgan fingerprint density at radius 2 is 2.07 bits per heavy atom. The van der Waals surface area contributed by atoms with Crippen LogP contribution in [0.3, 0.4) is 0 Å². The van der Waals surface area contributed by atoms with Crippen LogP contribution in [-0.2, 0) is 4.79 Å². The molecular formula is C19H15Cl2N5OS. The van der Waals surface area contributed by atoms with Crippen LogP contribution in [0.4, 0.5) is 5.13 Å². The van der Waals surface area contributed by atoms with E-state index in [-0.39, 0.29) is 11.5 Å². The zero-order valence-corrected chi connectivity index (χ0v) is 17.3. The smallest absolute Gasteiger partial charge is 0.268 e. The molecule has 0 radical (unpaired) electrons. The van der Waals surface area contributed by atoms with Gasteiger partial charge < -0.3 is 4.57 Å². The summed E-state index contributed by atoms with van der Waals surface area (Å²) >= 11 is 13.3. The van der Waals surface area contributed by atoms with Crippen LogP contribution in [0.15, 0.2) is 42.1 Å². The van der Waals surface area contributed by atoms with Gasteiger partial charge in [0.2, 0.25) is 5.13 Å². The molecule has 0 aliphatic rings. The minimum absolute atomic E-state index is 0.0543. The number of carbonyl (C=O) groups excluding carboxylic acids is 1. The third kappa shape index (κ3) is 4.42. The number of aromatic nitrogens is 3. The summed E-state index contributed by atoms with van der Waals surface area (Å²) in [5.74, 6) is -0.334. The number of anilines is 1. The highest BCUT2D eigenvalue weighted by Gasteiger charge is 2.15. The zero-order chi connectivity index (χ0) is 20.3. The molecule has 1 N–H and O–H groups in total. The Bertz CT molecular complexity index is 1090. The number of nitrogens with one attached hydrogen (secondary N) is 1. The van der Waals surface area contributed by atoms with E-state index in [1.165, 1.54) is 17.4 Å². The van der Waals surface area contributed by atoms with Crippen LogP contribution < -0.4 is 5.32 Å². The molecule has 9 heteroatoms. The molecule has 3 aromatic rings. The van der Waals surface area contributed by atoms with Gasteiger partial charge >= 0.3 is 0 Å². The molecule has 1 aromatic carbocycles. The fraction of sp³-hybridized carbons (Fsp3) is 0.158. The summed E-state index contributed by atoms with van der Waals surface area (Å²) in [5, 5.41) is 22.1. The summed E-state index contributed by atoms with van der Waals surface area (Å²) in [6, 6.07) is 10.7. The monoisotopic (exact) mass is 431 g/mol. The van der Waals surface area contributed by atoms with E-state index in [9.17, 15) is 10.1 Å². The first-order valence-corrected chi connectivity index (χ1v) is 9.85. The van der Waals surface area contributed by atoms with E-state index >= 15 is 0 Å². The summed E-state index contributed by atoms with van der Waals surface area (Å²) < 4.78 is 1.80. The fourth-order valence-corrected chi connectivity index (χ4v) is 3.39. The van der Waals surface area contributed by atoms with Crippen LogP contribution in [-0.4, -0.2) is 20.7 Å². The van der Waals surface area contributed by atoms with E-state index in [0.717, 1.165) is 10.7 Å². The Labute approximate surface area is 176 Å². The maximum Gasteiger partial charge on any atom is 0.268 e. The average molecular weight is 432 g/mol. The molecule has 0 atom stereocenters. The molecule has 142 valence electrons. The molecule has 0 bridgehead atoms. The first-order valence-electron chi connectivity index (χ1n) is 8.28. The number of hydrogen-bond acceptors (Lipinski definition) is 5. The molecule has 0 aliphatic heterocycles. The van der Waals surface area contributed by atoms with Crippen molar-refractivity contribution in [3.8, 4) is 11.8 Å². The van der Waals surface area contributed by atoms with Gasteiger partial charge in [-0.05, 0) is 36.4 Å². The lowest BCUT2D eigenvalue weighted by atomic mass is 10.2. The molecule has 0 fully saturated rings. The molecule has 0 aliphatic carbocycles. The number of nitriles is 1. The maximum absolute atomic E-state index is 12.5. The highest BCUT2D eigenvalue weighted by atomic mass is 35.5. The van der Waals surface area contributed by atoms with Crippen molar-refractivity contribution in [3.63, 3.8) is 0 Å². The van der Waals surface area contributed by atoms with Gasteiger partial charge in [-0.15, -0.1) is 10.2 Å². The molecular weight excluding hydrogens is 417 g/mol. The summed E-state index contributed by atoms with van der Waals surface area (Å²) in [5.41, 5.74) is 1.35. The van der Waals surface area contributed by atoms with Gasteiger partial charge in [0.1, 0.15) is 16.6 Å². The average Bonchev–Trinajstić information content (AvgIpc) is 3.31. The second kappa shape index (κ2) is 8.57. The standard InChI is InChI=1S/C19H15Cl2N5OS/c1-11(2)18-24-25-19(28-18)23-17(27)12(10-22)8-13-4-3-7-26(13)14-5-6-15(20)16(21)9-14/h3-9,11H,1-2H3,(H,23,25,27)/b12-8-. The number of carbonyl (C=O) groups is 1. The number of hydrogen-bond donors (Lipinski definition) is 1. The van der Waals surface area contributed by atoms with Crippen LogP contribution in [0, 0.1) is 11.3 Å². The van der Waals surface area contributed by atoms with E-state index in [1.54, 1.807) is 41.1 Å². The second-order valence-corrected chi connectivity index (χ2v) is 7.95. The van der Waals surface area contributed by atoms with Crippen molar-refractivity contribution in [3.05, 3.63) is 62.8 Å². The van der Waals surface area contributed by atoms with E-state index in [1.807, 2.05) is 19.9 Å². The molecule has 2 aromatic heterocycles. The number of nitrogens with zero attached hydrogens (tertiary/aromatic N) is 4. The predicted octanol–water partition coefficient (Wildman–Crippen LogP) is 5.30. The Morgan fingerprint density at radius 1 is 1.29 bits per heavy atom. The number of amides is 1. The van der Waals surface area contributed by atoms with Gasteiger partial charge in [0.05, 0.1) is 10.0 Å². The largest absolute Gasteiger partial charge is 0.317 e. The minimum atomic E-state index is -0.546. The van der Waals surface area contributed by atoms with Gasteiger partial charge in [-0.2, -0.15) is 5.26 Å². The first kappa shape index (κ1) is 20.1. The molecule has 0 saturated carbocycles. The molecule has 6 nitrogen and oxygen atoms in total. The van der Waals surface area contributed by atoms with Gasteiger partial charge in [0.25, 0.3) is 5.91 Å². The van der Waals surface area contributed by atoms with Crippen LogP contribution in [0.5, 0.6) is 0 Å². The van der Waals surface area contributed by atoms with Crippen molar-refractivity contribution in [2.45, 2.75) is 19.8 Å². The van der Waals surface area contributed by atoms with Gasteiger partial charge in [0.15, 0.2) is 0 Å². The maximum atomic E-state index is 12.5. The third-order valence-corrected chi connectivity index (χ3v) is 5.65. The molecule has 0 unspecified atom stereocenters. The van der Waals surface area contributed by atoms with Crippen molar-refractivity contribution in [2.24, 2.45) is 0 Å². The minimum Gasteiger partial charge on any atom is -0.317 e. The topological polar surface area (TPSA) is 83.6 Å². The van der Waals surface area contributed by atoms with Gasteiger partial charge in [-0.25, -0.2) is 0 Å². The van der Waals surface area contributed by atoms with Gasteiger partial charge in [0, 0.05) is 23.5 Å². The Morgan fingerprint density at radius 3 is 2.71 bits per heavy atom. The van der Waals surface area contributed by atoms with Crippen molar-refractivity contribution < 1.29 is 4.79 Å². The van der Waals surface area contributed by atoms with Gasteiger partial charge in [-0.3, -0.25) is 10.1 Å². The lowest BCUT2D eigenvalue weighted by Gasteiger charge is -2.08. The van der Waals surface area contributed by atoms with Crippen molar-refractivity contribution in [1.29, 1.82) is 5.26 Å². The first-order chi connectivity index (χ1) is 13.4. The summed E-state index contributed by atoms with van der Waals surface area (Å²) in [7, 11) is 0. The highest BCUT2D eigenvalue weighted by Crippen LogP contribution is 2.26. The van der Waals surface area contributed by atoms with Crippen LogP contribution in [0.1, 0.15) is 30.5 Å². The lowest BCUT2D eigenvalue weighted by molar-refractivity contribution is -0.112. The number of halogens is 2. The van der Waals surface area contributed by atoms with Crippen molar-refractivity contribution >= 4 is 51.7 Å². The second-order valence-electron chi connectivity index (χ2n) is 6.13. The van der Waals surface area contributed by atoms with E-state index in [0.29, 0.717) is 20.9 Å². The Hall–Kier alpha value is -2.66. The highest BCUT2D eigenvalue weighted by molar-refractivity contribution is 7.15. The zero-order valence-electron chi connectivity index (χ0n) is 15.0. The summed E-state index contributed by atoms with van der Waals surface area (Å²) in [4.78, 5) is 12.5.